The lowest BCUT2D eigenvalue weighted by atomic mass is 10.1. The fourth-order valence-electron chi connectivity index (χ4n) is 3.72. The maximum Gasteiger partial charge on any atom is 0.323 e. The number of rotatable bonds is 6. The van der Waals surface area contributed by atoms with E-state index in [0.29, 0.717) is 24.7 Å². The Kier molecular flexibility index (Phi) is 6.90. The second kappa shape index (κ2) is 10.0. The quantitative estimate of drug-likeness (QED) is 0.490. The van der Waals surface area contributed by atoms with Crippen LogP contribution in [0.4, 0.5) is 10.5 Å². The Morgan fingerprint density at radius 1 is 1.06 bits per heavy atom. The van der Waals surface area contributed by atoms with E-state index in [1.165, 1.54) is 0 Å². The lowest BCUT2D eigenvalue weighted by molar-refractivity contribution is 0.214. The van der Waals surface area contributed by atoms with Gasteiger partial charge in [-0.15, -0.1) is 11.8 Å². The molecule has 1 saturated heterocycles. The zero-order chi connectivity index (χ0) is 22.5. The van der Waals surface area contributed by atoms with Gasteiger partial charge in [0.05, 0.1) is 7.11 Å². The van der Waals surface area contributed by atoms with Crippen LogP contribution in [0.25, 0.3) is 0 Å². The van der Waals surface area contributed by atoms with Gasteiger partial charge >= 0.3 is 6.03 Å². The third kappa shape index (κ3) is 4.86. The Labute approximate surface area is 193 Å². The molecule has 0 aromatic heterocycles. The van der Waals surface area contributed by atoms with E-state index in [-0.39, 0.29) is 11.4 Å². The van der Waals surface area contributed by atoms with Crippen molar-refractivity contribution in [2.45, 2.75) is 25.8 Å². The van der Waals surface area contributed by atoms with Crippen LogP contribution in [0.1, 0.15) is 27.6 Å². The average molecular weight is 449 g/mol. The largest absolute Gasteiger partial charge is 0.493 e. The summed E-state index contributed by atoms with van der Waals surface area (Å²) in [7, 11) is 1.64. The molecule has 0 saturated carbocycles. The summed E-state index contributed by atoms with van der Waals surface area (Å²) in [5.41, 5.74) is 5.22. The van der Waals surface area contributed by atoms with Gasteiger partial charge in [0, 0.05) is 18.0 Å². The zero-order valence-electron chi connectivity index (χ0n) is 18.6. The first-order valence-corrected chi connectivity index (χ1v) is 11.7. The summed E-state index contributed by atoms with van der Waals surface area (Å²) >= 11 is 1.75. The topological polar surface area (TPSA) is 50.8 Å². The Hall–Kier alpha value is -3.12. The highest BCUT2D eigenvalue weighted by molar-refractivity contribution is 7.99. The molecule has 3 aromatic carbocycles. The Balaban J connectivity index is 1.49. The third-order valence-corrected chi connectivity index (χ3v) is 6.97. The Bertz CT molecular complexity index is 1090. The summed E-state index contributed by atoms with van der Waals surface area (Å²) in [5.74, 6) is 2.25. The minimum Gasteiger partial charge on any atom is -0.493 e. The first kappa shape index (κ1) is 22.1. The highest BCUT2D eigenvalue weighted by Crippen LogP contribution is 2.41. The summed E-state index contributed by atoms with van der Waals surface area (Å²) in [5, 5.41) is 3.02. The molecule has 1 aliphatic heterocycles. The van der Waals surface area contributed by atoms with Crippen LogP contribution in [-0.4, -0.2) is 30.3 Å². The van der Waals surface area contributed by atoms with E-state index in [4.69, 9.17) is 9.47 Å². The minimum absolute atomic E-state index is 0.0720. The van der Waals surface area contributed by atoms with Crippen molar-refractivity contribution in [2.24, 2.45) is 0 Å². The molecular weight excluding hydrogens is 420 g/mol. The summed E-state index contributed by atoms with van der Waals surface area (Å²) in [4.78, 5) is 15.0. The predicted octanol–water partition coefficient (Wildman–Crippen LogP) is 6.17. The maximum atomic E-state index is 13.1. The minimum atomic E-state index is -0.0860. The molecule has 2 amide bonds. The monoisotopic (exact) mass is 448 g/mol. The summed E-state index contributed by atoms with van der Waals surface area (Å²) in [6.07, 6.45) is 0. The van der Waals surface area contributed by atoms with Crippen LogP contribution < -0.4 is 14.8 Å². The molecule has 0 radical (unpaired) electrons. The number of ether oxygens (including phenoxy) is 2. The molecule has 1 heterocycles. The van der Waals surface area contributed by atoms with Gasteiger partial charge in [-0.1, -0.05) is 48.5 Å². The van der Waals surface area contributed by atoms with Crippen LogP contribution in [0.15, 0.2) is 66.7 Å². The van der Waals surface area contributed by atoms with E-state index in [1.54, 1.807) is 18.9 Å². The highest BCUT2D eigenvalue weighted by Gasteiger charge is 2.31. The van der Waals surface area contributed by atoms with E-state index in [2.05, 4.69) is 5.32 Å². The lowest BCUT2D eigenvalue weighted by Crippen LogP contribution is -2.34. The molecule has 1 aliphatic rings. The molecule has 4 rings (SSSR count). The molecule has 1 fully saturated rings. The highest BCUT2D eigenvalue weighted by atomic mass is 32.2. The summed E-state index contributed by atoms with van der Waals surface area (Å²) < 4.78 is 11.6. The lowest BCUT2D eigenvalue weighted by Gasteiger charge is -2.25. The van der Waals surface area contributed by atoms with Gasteiger partial charge in [0.1, 0.15) is 12.0 Å². The maximum absolute atomic E-state index is 13.1. The molecule has 0 unspecified atom stereocenters. The van der Waals surface area contributed by atoms with Gasteiger partial charge in [-0.05, 0) is 54.3 Å². The van der Waals surface area contributed by atoms with Crippen molar-refractivity contribution in [3.63, 3.8) is 0 Å². The fourth-order valence-corrected chi connectivity index (χ4v) is 4.97. The average Bonchev–Trinajstić information content (AvgIpc) is 3.31. The first-order valence-electron chi connectivity index (χ1n) is 10.7. The van der Waals surface area contributed by atoms with Crippen LogP contribution in [0, 0.1) is 13.8 Å². The van der Waals surface area contributed by atoms with E-state index >= 15 is 0 Å². The van der Waals surface area contributed by atoms with Gasteiger partial charge in [-0.3, -0.25) is 0 Å². The van der Waals surface area contributed by atoms with Crippen molar-refractivity contribution in [3.05, 3.63) is 89.0 Å². The van der Waals surface area contributed by atoms with Crippen LogP contribution >= 0.6 is 11.8 Å². The molecule has 32 heavy (non-hydrogen) atoms. The number of nitrogens with one attached hydrogen (secondary N) is 1. The number of carbonyl (C=O) groups is 1. The molecule has 0 aliphatic carbocycles. The zero-order valence-corrected chi connectivity index (χ0v) is 19.4. The second-order valence-corrected chi connectivity index (χ2v) is 8.97. The molecule has 5 nitrogen and oxygen atoms in total. The number of carbonyl (C=O) groups excluding carboxylic acids is 1. The molecule has 166 valence electrons. The van der Waals surface area contributed by atoms with Crippen molar-refractivity contribution in [1.29, 1.82) is 0 Å². The summed E-state index contributed by atoms with van der Waals surface area (Å²) in [6, 6.07) is 21.8. The molecule has 1 atom stereocenters. The number of benzene rings is 3. The van der Waals surface area contributed by atoms with E-state index in [0.717, 1.165) is 33.7 Å². The van der Waals surface area contributed by atoms with Crippen molar-refractivity contribution in [1.82, 2.24) is 4.90 Å². The Morgan fingerprint density at radius 3 is 2.66 bits per heavy atom. The smallest absolute Gasteiger partial charge is 0.323 e. The second-order valence-electron chi connectivity index (χ2n) is 7.78. The summed E-state index contributed by atoms with van der Waals surface area (Å²) in [6.45, 7) is 5.24. The molecule has 6 heteroatoms. The van der Waals surface area contributed by atoms with E-state index in [9.17, 15) is 4.79 Å². The number of thioether (sulfide) groups is 1. The van der Waals surface area contributed by atoms with Crippen molar-refractivity contribution >= 4 is 23.5 Å². The van der Waals surface area contributed by atoms with Gasteiger partial charge < -0.3 is 19.7 Å². The third-order valence-electron chi connectivity index (χ3n) is 5.71. The predicted molar refractivity (Wildman–Crippen MR) is 131 cm³/mol. The Morgan fingerprint density at radius 2 is 1.88 bits per heavy atom. The standard InChI is InChI=1S/C26H28N2O3S/c1-18-8-7-11-22(19(18)2)27-26(29)28-14-15-32-25(28)21-12-13-23(24(16-21)30-3)31-17-20-9-5-4-6-10-20/h4-13,16,25H,14-15,17H2,1-3H3,(H,27,29)/t25-/m0/s1. The number of hydrogen-bond donors (Lipinski definition) is 1. The number of urea groups is 1. The van der Waals surface area contributed by atoms with Crippen LogP contribution in [0.3, 0.4) is 0 Å². The van der Waals surface area contributed by atoms with E-state index < -0.39 is 0 Å². The molecule has 3 aromatic rings. The molecule has 0 bridgehead atoms. The molecular formula is C26H28N2O3S. The molecule has 1 N–H and O–H groups in total. The number of amides is 2. The number of nitrogens with zero attached hydrogens (tertiary/aromatic N) is 1. The number of anilines is 1. The van der Waals surface area contributed by atoms with E-state index in [1.807, 2.05) is 85.5 Å². The van der Waals surface area contributed by atoms with Gasteiger partial charge in [-0.25, -0.2) is 4.79 Å². The van der Waals surface area contributed by atoms with Crippen molar-refractivity contribution < 1.29 is 14.3 Å². The number of aryl methyl sites for hydroxylation is 1. The van der Waals surface area contributed by atoms with Crippen LogP contribution in [0.2, 0.25) is 0 Å². The van der Waals surface area contributed by atoms with Gasteiger partial charge in [0.2, 0.25) is 0 Å². The fraction of sp³-hybridized carbons (Fsp3) is 0.269. The van der Waals surface area contributed by atoms with Crippen molar-refractivity contribution in [2.75, 3.05) is 24.7 Å². The molecule has 0 spiro atoms. The van der Waals surface area contributed by atoms with Gasteiger partial charge in [0.15, 0.2) is 11.5 Å². The SMILES string of the molecule is COc1cc([C@@H]2SCCN2C(=O)Nc2cccc(C)c2C)ccc1OCc1ccccc1. The van der Waals surface area contributed by atoms with Gasteiger partial charge in [-0.2, -0.15) is 0 Å². The van der Waals surface area contributed by atoms with Crippen LogP contribution in [0.5, 0.6) is 11.5 Å². The van der Waals surface area contributed by atoms with Crippen LogP contribution in [-0.2, 0) is 6.61 Å². The number of hydrogen-bond acceptors (Lipinski definition) is 4. The van der Waals surface area contributed by atoms with Crippen molar-refractivity contribution in [3.8, 4) is 11.5 Å². The number of methoxy groups -OCH3 is 1. The van der Waals surface area contributed by atoms with Gasteiger partial charge in [0.25, 0.3) is 0 Å². The first-order chi connectivity index (χ1) is 15.6. The normalized spacial score (nSPS) is 15.5.